The van der Waals surface area contributed by atoms with E-state index in [0.717, 1.165) is 18.1 Å². The predicted octanol–water partition coefficient (Wildman–Crippen LogP) is 8.17. The summed E-state index contributed by atoms with van der Waals surface area (Å²) >= 11 is 0. The van der Waals surface area contributed by atoms with Gasteiger partial charge in [-0.25, -0.2) is 0 Å². The molecule has 0 aromatic heterocycles. The van der Waals surface area contributed by atoms with Gasteiger partial charge in [0.05, 0.1) is 18.3 Å². The quantitative estimate of drug-likeness (QED) is 0.254. The summed E-state index contributed by atoms with van der Waals surface area (Å²) in [6, 6.07) is 0. The van der Waals surface area contributed by atoms with Gasteiger partial charge >= 0.3 is 0 Å². The van der Waals surface area contributed by atoms with Gasteiger partial charge in [0.2, 0.25) is 0 Å². The van der Waals surface area contributed by atoms with Crippen LogP contribution in [0.5, 0.6) is 0 Å². The van der Waals surface area contributed by atoms with Crippen LogP contribution in [-0.4, -0.2) is 35.1 Å². The van der Waals surface area contributed by atoms with Crippen LogP contribution < -0.4 is 0 Å². The van der Waals surface area contributed by atoms with E-state index in [9.17, 15) is 10.2 Å². The molecule has 0 bridgehead atoms. The summed E-state index contributed by atoms with van der Waals surface area (Å²) in [4.78, 5) is 0. The SMILES string of the molecule is C=C1C(O)CC(=C/C=C2\CCCC3(C)C2CCC3C(C)OCCCC(CC)CC)C[C@H]1O.CCC. The minimum Gasteiger partial charge on any atom is -0.388 e. The third-order valence-electron chi connectivity index (χ3n) is 9.20. The first-order valence-corrected chi connectivity index (χ1v) is 14.8. The molecule has 3 saturated carbocycles. The molecular weight excluding hydrogens is 432 g/mol. The smallest absolute Gasteiger partial charge is 0.0809 e. The lowest BCUT2D eigenvalue weighted by molar-refractivity contribution is -0.0268. The van der Waals surface area contributed by atoms with Crippen molar-refractivity contribution >= 4 is 0 Å². The van der Waals surface area contributed by atoms with Gasteiger partial charge in [0.25, 0.3) is 0 Å². The van der Waals surface area contributed by atoms with Crippen molar-refractivity contribution in [2.75, 3.05) is 6.61 Å². The molecule has 0 spiro atoms. The molecule has 3 nitrogen and oxygen atoms in total. The molecule has 0 aromatic carbocycles. The highest BCUT2D eigenvalue weighted by atomic mass is 16.5. The van der Waals surface area contributed by atoms with Crippen LogP contribution in [-0.2, 0) is 4.74 Å². The van der Waals surface area contributed by atoms with Gasteiger partial charge in [-0.3, -0.25) is 0 Å². The highest BCUT2D eigenvalue weighted by Crippen LogP contribution is 2.58. The maximum atomic E-state index is 10.2. The summed E-state index contributed by atoms with van der Waals surface area (Å²) in [7, 11) is 0. The molecule has 35 heavy (non-hydrogen) atoms. The van der Waals surface area contributed by atoms with E-state index in [2.05, 4.69) is 60.3 Å². The van der Waals surface area contributed by atoms with Crippen LogP contribution in [0.1, 0.15) is 119 Å². The number of aliphatic hydroxyl groups is 2. The molecule has 0 aliphatic heterocycles. The van der Waals surface area contributed by atoms with Crippen LogP contribution in [0.25, 0.3) is 0 Å². The van der Waals surface area contributed by atoms with E-state index in [4.69, 9.17) is 4.74 Å². The van der Waals surface area contributed by atoms with Crippen molar-refractivity contribution in [1.82, 2.24) is 0 Å². The monoisotopic (exact) mass is 488 g/mol. The number of rotatable bonds is 9. The second-order valence-electron chi connectivity index (χ2n) is 11.8. The average molecular weight is 489 g/mol. The fourth-order valence-corrected chi connectivity index (χ4v) is 6.93. The van der Waals surface area contributed by atoms with Crippen LogP contribution in [0.4, 0.5) is 0 Å². The normalized spacial score (nSPS) is 34.1. The van der Waals surface area contributed by atoms with Crippen molar-refractivity contribution in [3.8, 4) is 0 Å². The number of hydrogen-bond donors (Lipinski definition) is 2. The third kappa shape index (κ3) is 8.04. The molecular formula is C32H56O3. The zero-order valence-corrected chi connectivity index (χ0v) is 23.8. The Hall–Kier alpha value is -0.900. The number of ether oxygens (including phenoxy) is 1. The van der Waals surface area contributed by atoms with Crippen LogP contribution in [0.2, 0.25) is 0 Å². The van der Waals surface area contributed by atoms with Crippen LogP contribution in [0.3, 0.4) is 0 Å². The van der Waals surface area contributed by atoms with Gasteiger partial charge in [0.1, 0.15) is 0 Å². The molecule has 6 atom stereocenters. The molecule has 3 aliphatic rings. The summed E-state index contributed by atoms with van der Waals surface area (Å²) in [5, 5.41) is 20.3. The summed E-state index contributed by atoms with van der Waals surface area (Å²) in [5.74, 6) is 2.13. The molecule has 5 unspecified atom stereocenters. The van der Waals surface area contributed by atoms with Crippen molar-refractivity contribution in [2.45, 2.75) is 137 Å². The molecule has 0 aromatic rings. The van der Waals surface area contributed by atoms with E-state index < -0.39 is 12.2 Å². The number of fused-ring (bicyclic) bond motifs is 1. The first-order valence-electron chi connectivity index (χ1n) is 14.8. The summed E-state index contributed by atoms with van der Waals surface area (Å²) in [6.07, 6.45) is 17.4. The lowest BCUT2D eigenvalue weighted by Gasteiger charge is -2.44. The topological polar surface area (TPSA) is 49.7 Å². The lowest BCUT2D eigenvalue weighted by atomic mass is 9.62. The Kier molecular flexibility index (Phi) is 12.8. The van der Waals surface area contributed by atoms with Gasteiger partial charge in [-0.1, -0.05) is 83.8 Å². The maximum absolute atomic E-state index is 10.2. The summed E-state index contributed by atoms with van der Waals surface area (Å²) < 4.78 is 6.41. The highest BCUT2D eigenvalue weighted by molar-refractivity contribution is 5.29. The molecule has 2 N–H and O–H groups in total. The van der Waals surface area contributed by atoms with E-state index in [1.807, 2.05) is 0 Å². The minimum absolute atomic E-state index is 0.331. The molecule has 0 radical (unpaired) electrons. The highest BCUT2D eigenvalue weighted by Gasteiger charge is 2.51. The average Bonchev–Trinajstić information content (AvgIpc) is 3.19. The number of hydrogen-bond acceptors (Lipinski definition) is 3. The van der Waals surface area contributed by atoms with Crippen LogP contribution >= 0.6 is 0 Å². The van der Waals surface area contributed by atoms with E-state index in [-0.39, 0.29) is 0 Å². The van der Waals surface area contributed by atoms with Gasteiger partial charge in [-0.15, -0.1) is 0 Å². The fourth-order valence-electron chi connectivity index (χ4n) is 6.93. The van der Waals surface area contributed by atoms with Crippen molar-refractivity contribution in [3.05, 3.63) is 35.5 Å². The molecule has 202 valence electrons. The zero-order chi connectivity index (χ0) is 26.0. The van der Waals surface area contributed by atoms with E-state index in [1.165, 1.54) is 64.2 Å². The molecule has 3 heteroatoms. The molecule has 3 fully saturated rings. The second-order valence-corrected chi connectivity index (χ2v) is 11.8. The first kappa shape index (κ1) is 30.3. The Morgan fingerprint density at radius 1 is 1.06 bits per heavy atom. The van der Waals surface area contributed by atoms with Crippen molar-refractivity contribution in [3.63, 3.8) is 0 Å². The standard InChI is InChI=1S/C29H48O3.C3H8/c1-6-22(7-2)10-9-17-32-21(4)25-14-15-26-24(11-8-16-29(25,26)5)13-12-23-18-27(30)20(3)28(31)19-23;1-3-2/h12-13,21-22,25-28,30-31H,3,6-11,14-19H2,1-2,4-5H3;3H2,1-2H3/b23-12?,24-13+;/t21?,25?,26?,27-,28?,29?;/m1./s1. The molecule has 0 heterocycles. The van der Waals surface area contributed by atoms with Gasteiger partial charge in [-0.2, -0.15) is 0 Å². The second kappa shape index (κ2) is 14.7. The maximum Gasteiger partial charge on any atom is 0.0809 e. The minimum atomic E-state index is -0.612. The van der Waals surface area contributed by atoms with E-state index >= 15 is 0 Å². The van der Waals surface area contributed by atoms with Crippen LogP contribution in [0.15, 0.2) is 35.5 Å². The number of aliphatic hydroxyl groups excluding tert-OH is 2. The molecule has 0 amide bonds. The van der Waals surface area contributed by atoms with Gasteiger partial charge in [-0.05, 0) is 93.5 Å². The first-order chi connectivity index (χ1) is 16.7. The van der Waals surface area contributed by atoms with Gasteiger partial charge in [0, 0.05) is 6.61 Å². The largest absolute Gasteiger partial charge is 0.388 e. The van der Waals surface area contributed by atoms with Gasteiger partial charge < -0.3 is 14.9 Å². The molecule has 3 aliphatic carbocycles. The van der Waals surface area contributed by atoms with Crippen LogP contribution in [0, 0.1) is 23.2 Å². The number of allylic oxidation sites excluding steroid dienone is 3. The Labute approximate surface area is 217 Å². The lowest BCUT2D eigenvalue weighted by Crippen LogP contribution is -2.38. The molecule has 3 rings (SSSR count). The Morgan fingerprint density at radius 2 is 1.69 bits per heavy atom. The molecule has 0 saturated heterocycles. The Balaban J connectivity index is 0.00000137. The van der Waals surface area contributed by atoms with E-state index in [0.29, 0.717) is 41.8 Å². The Morgan fingerprint density at radius 3 is 2.29 bits per heavy atom. The zero-order valence-electron chi connectivity index (χ0n) is 23.8. The summed E-state index contributed by atoms with van der Waals surface area (Å²) in [6.45, 7) is 18.4. The predicted molar refractivity (Wildman–Crippen MR) is 149 cm³/mol. The van der Waals surface area contributed by atoms with Crippen molar-refractivity contribution in [2.24, 2.45) is 23.2 Å². The van der Waals surface area contributed by atoms with E-state index in [1.54, 1.807) is 5.57 Å². The fraction of sp³-hybridized carbons (Fsp3) is 0.812. The Bertz CT molecular complexity index is 688. The van der Waals surface area contributed by atoms with Crippen molar-refractivity contribution in [1.29, 1.82) is 0 Å². The van der Waals surface area contributed by atoms with Crippen molar-refractivity contribution < 1.29 is 14.9 Å². The van der Waals surface area contributed by atoms with Gasteiger partial charge in [0.15, 0.2) is 0 Å². The third-order valence-corrected chi connectivity index (χ3v) is 9.20. The summed E-state index contributed by atoms with van der Waals surface area (Å²) in [5.41, 5.74) is 3.61.